The lowest BCUT2D eigenvalue weighted by molar-refractivity contribution is -0.174. The molecule has 0 bridgehead atoms. The number of hydrogen-bond acceptors (Lipinski definition) is 4. The van der Waals surface area contributed by atoms with Gasteiger partial charge in [0.05, 0.1) is 19.3 Å². The summed E-state index contributed by atoms with van der Waals surface area (Å²) in [5.74, 6) is -3.14. The van der Waals surface area contributed by atoms with E-state index in [0.717, 1.165) is 12.0 Å². The fourth-order valence-electron chi connectivity index (χ4n) is 2.30. The Hall–Kier alpha value is -2.62. The Balaban J connectivity index is 1.91. The van der Waals surface area contributed by atoms with Crippen molar-refractivity contribution in [2.45, 2.75) is 18.6 Å². The molecule has 0 radical (unpaired) electrons. The predicted octanol–water partition coefficient (Wildman–Crippen LogP) is 0.410. The van der Waals surface area contributed by atoms with E-state index in [1.165, 1.54) is 17.6 Å². The van der Waals surface area contributed by atoms with Crippen molar-refractivity contribution in [3.05, 3.63) is 35.4 Å². The van der Waals surface area contributed by atoms with E-state index in [2.05, 4.69) is 0 Å². The molecular formula is C15H16F3N3O4. The van der Waals surface area contributed by atoms with E-state index in [1.54, 1.807) is 22.5 Å². The molecule has 2 N–H and O–H groups in total. The Morgan fingerprint density at radius 3 is 2.52 bits per heavy atom. The quantitative estimate of drug-likeness (QED) is 0.602. The fourth-order valence-corrected chi connectivity index (χ4v) is 2.30. The van der Waals surface area contributed by atoms with E-state index in [9.17, 15) is 27.6 Å². The molecule has 0 spiro atoms. The molecule has 1 aliphatic rings. The summed E-state index contributed by atoms with van der Waals surface area (Å²) in [6, 6.07) is 5.96. The number of alkyl halides is 3. The van der Waals surface area contributed by atoms with Crippen LogP contribution in [0.5, 0.6) is 0 Å². The van der Waals surface area contributed by atoms with Crippen molar-refractivity contribution in [2.24, 2.45) is 0 Å². The number of halogens is 3. The van der Waals surface area contributed by atoms with Crippen LogP contribution in [0.4, 0.5) is 13.2 Å². The van der Waals surface area contributed by atoms with E-state index < -0.39 is 18.0 Å². The maximum absolute atomic E-state index is 12.0. The summed E-state index contributed by atoms with van der Waals surface area (Å²) in [5.41, 5.74) is 3.89. The molecular weight excluding hydrogens is 343 g/mol. The lowest BCUT2D eigenvalue weighted by Crippen LogP contribution is -2.47. The molecule has 3 amide bonds. The highest BCUT2D eigenvalue weighted by molar-refractivity contribution is 5.95. The first-order valence-electron chi connectivity index (χ1n) is 7.36. The number of nitrogens with zero attached hydrogens (tertiary/aromatic N) is 1. The van der Waals surface area contributed by atoms with Gasteiger partial charge >= 0.3 is 12.1 Å². The van der Waals surface area contributed by atoms with Crippen molar-refractivity contribution in [1.82, 2.24) is 15.8 Å². The topological polar surface area (TPSA) is 87.7 Å². The summed E-state index contributed by atoms with van der Waals surface area (Å²) in [6.45, 7) is 1.40. The monoisotopic (exact) mass is 359 g/mol. The summed E-state index contributed by atoms with van der Waals surface area (Å²) >= 11 is 0. The largest absolute Gasteiger partial charge is 0.472 e. The molecule has 2 rings (SSSR count). The Bertz CT molecular complexity index is 634. The van der Waals surface area contributed by atoms with Crippen LogP contribution in [0.2, 0.25) is 0 Å². The van der Waals surface area contributed by atoms with Gasteiger partial charge in [-0.3, -0.25) is 25.2 Å². The molecule has 1 unspecified atom stereocenters. The maximum atomic E-state index is 12.0. The minimum absolute atomic E-state index is 0.0818. The maximum Gasteiger partial charge on any atom is 0.472 e. The van der Waals surface area contributed by atoms with Crippen LogP contribution in [0.25, 0.3) is 0 Å². The van der Waals surface area contributed by atoms with Crippen molar-refractivity contribution >= 4 is 18.2 Å². The van der Waals surface area contributed by atoms with Gasteiger partial charge in [-0.15, -0.1) is 0 Å². The number of morpholine rings is 1. The summed E-state index contributed by atoms with van der Waals surface area (Å²) in [6.07, 6.45) is -3.80. The molecule has 10 heteroatoms. The number of amides is 3. The first-order valence-corrected chi connectivity index (χ1v) is 7.36. The lowest BCUT2D eigenvalue weighted by atomic mass is 10.0. The van der Waals surface area contributed by atoms with Crippen LogP contribution in [-0.4, -0.2) is 55.1 Å². The van der Waals surface area contributed by atoms with Crippen molar-refractivity contribution in [2.75, 3.05) is 19.8 Å². The summed E-state index contributed by atoms with van der Waals surface area (Å²) in [5, 5.41) is 0. The Morgan fingerprint density at radius 2 is 1.92 bits per heavy atom. The molecule has 1 aliphatic heterocycles. The van der Waals surface area contributed by atoms with E-state index >= 15 is 0 Å². The number of nitrogens with one attached hydrogen (secondary N) is 2. The summed E-state index contributed by atoms with van der Waals surface area (Å²) in [7, 11) is 0. The van der Waals surface area contributed by atoms with Gasteiger partial charge in [0.15, 0.2) is 0 Å². The molecule has 1 saturated heterocycles. The molecule has 1 fully saturated rings. The number of carbonyl (C=O) groups excluding carboxylic acids is 3. The average Bonchev–Trinajstić information content (AvgIpc) is 2.59. The van der Waals surface area contributed by atoms with Crippen molar-refractivity contribution in [1.29, 1.82) is 0 Å². The third-order valence-corrected chi connectivity index (χ3v) is 3.64. The fraction of sp³-hybridized carbons (Fsp3) is 0.400. The smallest absolute Gasteiger partial charge is 0.377 e. The third kappa shape index (κ3) is 5.18. The number of carbonyl (C=O) groups is 3. The van der Waals surface area contributed by atoms with Gasteiger partial charge < -0.3 is 9.64 Å². The van der Waals surface area contributed by atoms with E-state index in [1.807, 2.05) is 0 Å². The molecule has 136 valence electrons. The molecule has 1 aromatic carbocycles. The molecule has 7 nitrogen and oxygen atoms in total. The van der Waals surface area contributed by atoms with E-state index in [4.69, 9.17) is 4.74 Å². The van der Waals surface area contributed by atoms with E-state index in [0.29, 0.717) is 26.2 Å². The zero-order valence-corrected chi connectivity index (χ0v) is 13.0. The average molecular weight is 359 g/mol. The molecule has 0 aromatic heterocycles. The molecule has 0 saturated carbocycles. The number of hydrazine groups is 1. The van der Waals surface area contributed by atoms with Crippen LogP contribution in [-0.2, 0) is 20.7 Å². The highest BCUT2D eigenvalue weighted by Gasteiger charge is 2.39. The van der Waals surface area contributed by atoms with Crippen LogP contribution in [0, 0.1) is 0 Å². The molecule has 25 heavy (non-hydrogen) atoms. The second kappa shape index (κ2) is 7.97. The predicted molar refractivity (Wildman–Crippen MR) is 79.2 cm³/mol. The summed E-state index contributed by atoms with van der Waals surface area (Å²) < 4.78 is 41.4. The number of hydrogen-bond donors (Lipinski definition) is 2. The lowest BCUT2D eigenvalue weighted by Gasteiger charge is -2.32. The SMILES string of the molecule is O=CN1CCOCC1Cc1ccc(C(=O)NNC(=O)C(F)(F)F)cc1. The van der Waals surface area contributed by atoms with Crippen LogP contribution < -0.4 is 10.9 Å². The summed E-state index contributed by atoms with van der Waals surface area (Å²) in [4.78, 5) is 35.0. The van der Waals surface area contributed by atoms with Gasteiger partial charge in [-0.25, -0.2) is 0 Å². The normalized spacial score (nSPS) is 17.7. The van der Waals surface area contributed by atoms with Crippen LogP contribution in [0.15, 0.2) is 24.3 Å². The zero-order valence-electron chi connectivity index (χ0n) is 13.0. The zero-order chi connectivity index (χ0) is 18.4. The Labute approximate surface area is 141 Å². The van der Waals surface area contributed by atoms with Gasteiger partial charge in [0.25, 0.3) is 5.91 Å². The molecule has 1 aromatic rings. The van der Waals surface area contributed by atoms with Gasteiger partial charge in [-0.1, -0.05) is 12.1 Å². The first kappa shape index (κ1) is 18.7. The highest BCUT2D eigenvalue weighted by Crippen LogP contribution is 2.14. The first-order chi connectivity index (χ1) is 11.8. The van der Waals surface area contributed by atoms with E-state index in [-0.39, 0.29) is 11.6 Å². The highest BCUT2D eigenvalue weighted by atomic mass is 19.4. The number of ether oxygens (including phenoxy) is 1. The second-order valence-corrected chi connectivity index (χ2v) is 5.38. The van der Waals surface area contributed by atoms with Crippen molar-refractivity contribution in [3.8, 4) is 0 Å². The van der Waals surface area contributed by atoms with Crippen LogP contribution >= 0.6 is 0 Å². The van der Waals surface area contributed by atoms with Gasteiger partial charge in [-0.05, 0) is 24.1 Å². The molecule has 0 aliphatic carbocycles. The van der Waals surface area contributed by atoms with Crippen molar-refractivity contribution < 1.29 is 32.3 Å². The molecule has 1 atom stereocenters. The standard InChI is InChI=1S/C15H16F3N3O4/c16-15(17,18)14(24)20-19-13(23)11-3-1-10(2-4-11)7-12-8-25-6-5-21(12)9-22/h1-4,9,12H,5-8H2,(H,19,23)(H,20,24). The van der Waals surface area contributed by atoms with Gasteiger partial charge in [0.2, 0.25) is 6.41 Å². The Morgan fingerprint density at radius 1 is 1.24 bits per heavy atom. The van der Waals surface area contributed by atoms with Gasteiger partial charge in [-0.2, -0.15) is 13.2 Å². The third-order valence-electron chi connectivity index (χ3n) is 3.64. The van der Waals surface area contributed by atoms with Crippen molar-refractivity contribution in [3.63, 3.8) is 0 Å². The minimum Gasteiger partial charge on any atom is -0.377 e. The number of benzene rings is 1. The van der Waals surface area contributed by atoms with Crippen LogP contribution in [0.3, 0.4) is 0 Å². The Kier molecular flexibility index (Phi) is 5.97. The minimum atomic E-state index is -5.08. The van der Waals surface area contributed by atoms with Crippen LogP contribution in [0.1, 0.15) is 15.9 Å². The van der Waals surface area contributed by atoms with Gasteiger partial charge in [0, 0.05) is 12.1 Å². The molecule has 1 heterocycles. The second-order valence-electron chi connectivity index (χ2n) is 5.38. The van der Waals surface area contributed by atoms with Gasteiger partial charge in [0.1, 0.15) is 0 Å². The number of rotatable bonds is 4.